The van der Waals surface area contributed by atoms with Gasteiger partial charge in [0.25, 0.3) is 0 Å². The summed E-state index contributed by atoms with van der Waals surface area (Å²) < 4.78 is 39.1. The number of carbonyl (C=O) groups is 1. The number of halogens is 3. The van der Waals surface area contributed by atoms with Crippen LogP contribution in [0.15, 0.2) is 24.3 Å². The van der Waals surface area contributed by atoms with Gasteiger partial charge in [0.1, 0.15) is 6.04 Å². The fraction of sp³-hybridized carbons (Fsp3) is 0.562. The van der Waals surface area contributed by atoms with Crippen LogP contribution >= 0.6 is 0 Å². The number of nitrogens with one attached hydrogen (secondary N) is 3. The summed E-state index contributed by atoms with van der Waals surface area (Å²) in [6, 6.07) is 4.39. The first-order chi connectivity index (χ1) is 10.8. The third-order valence-electron chi connectivity index (χ3n) is 4.03. The second kappa shape index (κ2) is 7.31. The van der Waals surface area contributed by atoms with Crippen LogP contribution in [-0.4, -0.2) is 18.0 Å². The van der Waals surface area contributed by atoms with Gasteiger partial charge in [-0.2, -0.15) is 13.2 Å². The van der Waals surface area contributed by atoms with E-state index in [-0.39, 0.29) is 17.5 Å². The maximum atomic E-state index is 13.0. The van der Waals surface area contributed by atoms with Crippen molar-refractivity contribution in [2.24, 2.45) is 0 Å². The molecule has 0 aliphatic carbocycles. The van der Waals surface area contributed by atoms with Gasteiger partial charge in [0.2, 0.25) is 5.91 Å². The van der Waals surface area contributed by atoms with Crippen LogP contribution in [0.3, 0.4) is 0 Å². The van der Waals surface area contributed by atoms with E-state index in [1.54, 1.807) is 13.0 Å². The fourth-order valence-electron chi connectivity index (χ4n) is 2.86. The highest BCUT2D eigenvalue weighted by atomic mass is 19.4. The molecule has 1 aromatic rings. The van der Waals surface area contributed by atoms with Gasteiger partial charge in [0, 0.05) is 6.04 Å². The minimum atomic E-state index is -4.44. The largest absolute Gasteiger partial charge is 0.416 e. The molecule has 23 heavy (non-hydrogen) atoms. The molecule has 0 saturated carbocycles. The Bertz CT molecular complexity index is 548. The third-order valence-corrected chi connectivity index (χ3v) is 4.03. The molecule has 1 aliphatic rings. The highest BCUT2D eigenvalue weighted by molar-refractivity contribution is 5.82. The van der Waals surface area contributed by atoms with Crippen molar-refractivity contribution in [2.45, 2.75) is 57.4 Å². The summed E-state index contributed by atoms with van der Waals surface area (Å²) in [5, 5.41) is 2.67. The number of hydrogen-bond acceptors (Lipinski definition) is 3. The topological polar surface area (TPSA) is 53.2 Å². The molecule has 3 unspecified atom stereocenters. The molecular formula is C16H22F3N3O. The fourth-order valence-corrected chi connectivity index (χ4v) is 2.86. The van der Waals surface area contributed by atoms with Crippen LogP contribution in [0.25, 0.3) is 0 Å². The molecule has 1 fully saturated rings. The van der Waals surface area contributed by atoms with E-state index in [1.165, 1.54) is 12.1 Å². The average molecular weight is 329 g/mol. The lowest BCUT2D eigenvalue weighted by Crippen LogP contribution is -2.44. The van der Waals surface area contributed by atoms with E-state index in [0.29, 0.717) is 6.42 Å². The molecule has 3 atom stereocenters. The molecule has 1 aliphatic heterocycles. The lowest BCUT2D eigenvalue weighted by Gasteiger charge is -2.21. The average Bonchev–Trinajstić information content (AvgIpc) is 2.95. The summed E-state index contributed by atoms with van der Waals surface area (Å²) in [6.07, 6.45) is -1.85. The van der Waals surface area contributed by atoms with Gasteiger partial charge in [-0.15, -0.1) is 0 Å². The summed E-state index contributed by atoms with van der Waals surface area (Å²) in [5.41, 5.74) is 5.31. The van der Waals surface area contributed by atoms with Crippen molar-refractivity contribution in [1.29, 1.82) is 0 Å². The van der Waals surface area contributed by atoms with Crippen LogP contribution in [0.4, 0.5) is 13.2 Å². The highest BCUT2D eigenvalue weighted by Crippen LogP contribution is 2.34. The number of carbonyl (C=O) groups excluding carboxylic acids is 1. The number of alkyl halides is 3. The van der Waals surface area contributed by atoms with Gasteiger partial charge < -0.3 is 5.32 Å². The molecule has 0 radical (unpaired) electrons. The van der Waals surface area contributed by atoms with Crippen molar-refractivity contribution in [2.75, 3.05) is 0 Å². The maximum Gasteiger partial charge on any atom is 0.416 e. The summed E-state index contributed by atoms with van der Waals surface area (Å²) in [7, 11) is 0. The first-order valence-electron chi connectivity index (χ1n) is 7.80. The Morgan fingerprint density at radius 3 is 2.70 bits per heavy atom. The standard InChI is InChI=1S/C16H22F3N3O/c1-3-6-11-9-14(22-21-11)15(23)20-10(2)12-7-4-5-8-13(12)16(17,18)19/h4-5,7-8,10-11,14,21-22H,3,6,9H2,1-2H3,(H,20,23). The zero-order valence-corrected chi connectivity index (χ0v) is 13.2. The van der Waals surface area contributed by atoms with Crippen LogP contribution < -0.4 is 16.2 Å². The Morgan fingerprint density at radius 1 is 1.35 bits per heavy atom. The zero-order chi connectivity index (χ0) is 17.0. The predicted molar refractivity (Wildman–Crippen MR) is 81.4 cm³/mol. The number of hydrazine groups is 1. The molecule has 1 saturated heterocycles. The van der Waals surface area contributed by atoms with Crippen molar-refractivity contribution in [3.63, 3.8) is 0 Å². The normalized spacial score (nSPS) is 22.8. The Morgan fingerprint density at radius 2 is 2.04 bits per heavy atom. The summed E-state index contributed by atoms with van der Waals surface area (Å²) in [6.45, 7) is 3.62. The number of benzene rings is 1. The minimum absolute atomic E-state index is 0.0735. The van der Waals surface area contributed by atoms with Crippen molar-refractivity contribution in [3.8, 4) is 0 Å². The van der Waals surface area contributed by atoms with E-state index in [2.05, 4.69) is 23.1 Å². The molecule has 2 rings (SSSR count). The van der Waals surface area contributed by atoms with Gasteiger partial charge >= 0.3 is 6.18 Å². The van der Waals surface area contributed by atoms with Crippen LogP contribution in [0.2, 0.25) is 0 Å². The third kappa shape index (κ3) is 4.45. The Balaban J connectivity index is 2.03. The first kappa shape index (κ1) is 17.7. The van der Waals surface area contributed by atoms with Crippen molar-refractivity contribution in [1.82, 2.24) is 16.2 Å². The van der Waals surface area contributed by atoms with E-state index in [0.717, 1.165) is 18.9 Å². The van der Waals surface area contributed by atoms with Crippen LogP contribution in [0.5, 0.6) is 0 Å². The lowest BCUT2D eigenvalue weighted by molar-refractivity contribution is -0.138. The highest BCUT2D eigenvalue weighted by Gasteiger charge is 2.35. The van der Waals surface area contributed by atoms with E-state index in [9.17, 15) is 18.0 Å². The Labute approximate surface area is 133 Å². The van der Waals surface area contributed by atoms with Gasteiger partial charge in [-0.25, -0.2) is 5.43 Å². The monoisotopic (exact) mass is 329 g/mol. The van der Waals surface area contributed by atoms with E-state index in [1.807, 2.05) is 0 Å². The van der Waals surface area contributed by atoms with Crippen LogP contribution in [0, 0.1) is 0 Å². The molecule has 1 amide bonds. The smallest absolute Gasteiger partial charge is 0.348 e. The molecule has 1 heterocycles. The minimum Gasteiger partial charge on any atom is -0.348 e. The first-order valence-corrected chi connectivity index (χ1v) is 7.80. The number of rotatable bonds is 5. The van der Waals surface area contributed by atoms with Gasteiger partial charge in [0.15, 0.2) is 0 Å². The lowest BCUT2D eigenvalue weighted by atomic mass is 10.00. The van der Waals surface area contributed by atoms with Crippen LogP contribution in [-0.2, 0) is 11.0 Å². The van der Waals surface area contributed by atoms with Gasteiger partial charge in [-0.05, 0) is 31.4 Å². The van der Waals surface area contributed by atoms with Crippen molar-refractivity contribution in [3.05, 3.63) is 35.4 Å². The van der Waals surface area contributed by atoms with Gasteiger partial charge in [-0.3, -0.25) is 10.2 Å². The number of hydrogen-bond donors (Lipinski definition) is 3. The Hall–Kier alpha value is -1.60. The molecule has 7 heteroatoms. The second-order valence-electron chi connectivity index (χ2n) is 5.88. The van der Waals surface area contributed by atoms with E-state index >= 15 is 0 Å². The Kier molecular flexibility index (Phi) is 5.64. The molecule has 3 N–H and O–H groups in total. The second-order valence-corrected chi connectivity index (χ2v) is 5.88. The molecular weight excluding hydrogens is 307 g/mol. The number of amides is 1. The summed E-state index contributed by atoms with van der Waals surface area (Å²) >= 11 is 0. The van der Waals surface area contributed by atoms with E-state index in [4.69, 9.17) is 0 Å². The molecule has 0 aromatic heterocycles. The summed E-state index contributed by atoms with van der Waals surface area (Å²) in [5.74, 6) is -0.291. The van der Waals surface area contributed by atoms with Gasteiger partial charge in [0.05, 0.1) is 11.6 Å². The van der Waals surface area contributed by atoms with Gasteiger partial charge in [-0.1, -0.05) is 31.5 Å². The van der Waals surface area contributed by atoms with Crippen LogP contribution in [0.1, 0.15) is 50.3 Å². The SMILES string of the molecule is CCCC1CC(C(=O)NC(C)c2ccccc2C(F)(F)F)NN1. The molecule has 4 nitrogen and oxygen atoms in total. The van der Waals surface area contributed by atoms with E-state index < -0.39 is 23.8 Å². The predicted octanol–water partition coefficient (Wildman–Crippen LogP) is 2.92. The summed E-state index contributed by atoms with van der Waals surface area (Å²) in [4.78, 5) is 12.2. The quantitative estimate of drug-likeness (QED) is 0.778. The molecule has 0 spiro atoms. The molecule has 0 bridgehead atoms. The van der Waals surface area contributed by atoms with Crippen molar-refractivity contribution >= 4 is 5.91 Å². The molecule has 1 aromatic carbocycles. The zero-order valence-electron chi connectivity index (χ0n) is 13.2. The van der Waals surface area contributed by atoms with Crippen molar-refractivity contribution < 1.29 is 18.0 Å². The maximum absolute atomic E-state index is 13.0. The molecule has 128 valence electrons.